The van der Waals surface area contributed by atoms with E-state index < -0.39 is 0 Å². The number of aliphatic hydroxyl groups excluding tert-OH is 1. The molecule has 4 heteroatoms. The number of fused-ring (bicyclic) bond motifs is 1. The van der Waals surface area contributed by atoms with E-state index in [1.54, 1.807) is 16.7 Å². The largest absolute Gasteiger partial charge is 0.388 e. The van der Waals surface area contributed by atoms with Gasteiger partial charge in [0, 0.05) is 43.1 Å². The average Bonchev–Trinajstić information content (AvgIpc) is 2.67. The van der Waals surface area contributed by atoms with Crippen molar-refractivity contribution >= 4 is 5.69 Å². The van der Waals surface area contributed by atoms with Crippen molar-refractivity contribution in [2.75, 3.05) is 18.0 Å². The van der Waals surface area contributed by atoms with Crippen molar-refractivity contribution in [3.63, 3.8) is 0 Å². The van der Waals surface area contributed by atoms with Crippen LogP contribution in [0.5, 0.6) is 0 Å². The third-order valence-electron chi connectivity index (χ3n) is 4.05. The minimum Gasteiger partial charge on any atom is -0.388 e. The molecule has 1 atom stereocenters. The Morgan fingerprint density at radius 2 is 1.90 bits per heavy atom. The molecule has 3 rings (SSSR count). The van der Waals surface area contributed by atoms with Gasteiger partial charge in [-0.25, -0.2) is 0 Å². The zero-order valence-corrected chi connectivity index (χ0v) is 12.0. The van der Waals surface area contributed by atoms with Crippen molar-refractivity contribution in [1.29, 1.82) is 0 Å². The highest BCUT2D eigenvalue weighted by Gasteiger charge is 2.20. The molecule has 2 aromatic rings. The van der Waals surface area contributed by atoms with E-state index in [0.29, 0.717) is 6.54 Å². The topological polar surface area (TPSA) is 45.5 Å². The van der Waals surface area contributed by atoms with E-state index in [1.165, 1.54) is 0 Å². The maximum absolute atomic E-state index is 11.8. The maximum Gasteiger partial charge on any atom is 0.250 e. The van der Waals surface area contributed by atoms with Gasteiger partial charge in [0.2, 0.25) is 0 Å². The summed E-state index contributed by atoms with van der Waals surface area (Å²) in [6.45, 7) is 2.34. The zero-order chi connectivity index (χ0) is 14.7. The molecule has 0 fully saturated rings. The lowest BCUT2D eigenvalue weighted by Crippen LogP contribution is -2.31. The van der Waals surface area contributed by atoms with Crippen LogP contribution < -0.4 is 10.5 Å². The summed E-state index contributed by atoms with van der Waals surface area (Å²) < 4.78 is 1.73. The Bertz CT molecular complexity index is 666. The highest BCUT2D eigenvalue weighted by molar-refractivity contribution is 5.55. The Morgan fingerprint density at radius 1 is 1.10 bits per heavy atom. The SMILES string of the molecule is O=c1ccccn1CCN1CCCC(O)c2ccccc21. The van der Waals surface area contributed by atoms with Gasteiger partial charge in [0.1, 0.15) is 0 Å². The van der Waals surface area contributed by atoms with Crippen LogP contribution in [0.4, 0.5) is 5.69 Å². The molecular weight excluding hydrogens is 264 g/mol. The number of rotatable bonds is 3. The third kappa shape index (κ3) is 3.00. The highest BCUT2D eigenvalue weighted by atomic mass is 16.3. The van der Waals surface area contributed by atoms with E-state index in [1.807, 2.05) is 30.5 Å². The molecule has 1 unspecified atom stereocenters. The van der Waals surface area contributed by atoms with Gasteiger partial charge in [-0.2, -0.15) is 0 Å². The Morgan fingerprint density at radius 3 is 2.76 bits per heavy atom. The third-order valence-corrected chi connectivity index (χ3v) is 4.05. The van der Waals surface area contributed by atoms with E-state index in [2.05, 4.69) is 11.0 Å². The lowest BCUT2D eigenvalue weighted by molar-refractivity contribution is 0.168. The lowest BCUT2D eigenvalue weighted by atomic mass is 10.0. The standard InChI is InChI=1S/C17H20N2O2/c20-16-8-5-11-18(15-7-2-1-6-14(15)16)12-13-19-10-4-3-9-17(19)21/h1-4,6-7,9-10,16,20H,5,8,11-13H2. The first kappa shape index (κ1) is 13.9. The minimum atomic E-state index is -0.384. The lowest BCUT2D eigenvalue weighted by Gasteiger charge is -2.25. The first-order chi connectivity index (χ1) is 10.3. The van der Waals surface area contributed by atoms with Crippen LogP contribution >= 0.6 is 0 Å². The molecule has 1 aromatic heterocycles. The Balaban J connectivity index is 1.81. The maximum atomic E-state index is 11.8. The van der Waals surface area contributed by atoms with Crippen LogP contribution in [-0.4, -0.2) is 22.8 Å². The summed E-state index contributed by atoms with van der Waals surface area (Å²) in [4.78, 5) is 14.0. The molecule has 4 nitrogen and oxygen atoms in total. The molecule has 0 aliphatic carbocycles. The summed E-state index contributed by atoms with van der Waals surface area (Å²) in [6, 6.07) is 13.2. The molecule has 0 amide bonds. The van der Waals surface area contributed by atoms with Crippen molar-refractivity contribution in [2.45, 2.75) is 25.5 Å². The van der Waals surface area contributed by atoms with Gasteiger partial charge in [0.05, 0.1) is 6.10 Å². The quantitative estimate of drug-likeness (QED) is 0.939. The second-order valence-corrected chi connectivity index (χ2v) is 5.44. The summed E-state index contributed by atoms with van der Waals surface area (Å²) in [7, 11) is 0. The zero-order valence-electron chi connectivity index (χ0n) is 12.0. The monoisotopic (exact) mass is 284 g/mol. The van der Waals surface area contributed by atoms with Gasteiger partial charge < -0.3 is 14.6 Å². The number of aromatic nitrogens is 1. The predicted octanol–water partition coefficient (Wildman–Crippen LogP) is 2.18. The fraction of sp³-hybridized carbons (Fsp3) is 0.353. The second kappa shape index (κ2) is 6.14. The molecule has 1 N–H and O–H groups in total. The van der Waals surface area contributed by atoms with Crippen molar-refractivity contribution < 1.29 is 5.11 Å². The highest BCUT2D eigenvalue weighted by Crippen LogP contribution is 2.32. The number of benzene rings is 1. The van der Waals surface area contributed by atoms with Gasteiger partial charge in [-0.3, -0.25) is 4.79 Å². The fourth-order valence-corrected chi connectivity index (χ4v) is 2.91. The van der Waals surface area contributed by atoms with Crippen LogP contribution in [0, 0.1) is 0 Å². The average molecular weight is 284 g/mol. The first-order valence-corrected chi connectivity index (χ1v) is 7.43. The molecule has 1 aliphatic heterocycles. The van der Waals surface area contributed by atoms with Crippen molar-refractivity contribution in [3.8, 4) is 0 Å². The Labute approximate surface area is 124 Å². The molecule has 1 aliphatic rings. The summed E-state index contributed by atoms with van der Waals surface area (Å²) in [5.41, 5.74) is 2.11. The molecule has 0 bridgehead atoms. The molecule has 110 valence electrons. The summed E-state index contributed by atoms with van der Waals surface area (Å²) in [6.07, 6.45) is 3.19. The molecule has 2 heterocycles. The smallest absolute Gasteiger partial charge is 0.250 e. The molecule has 0 spiro atoms. The number of anilines is 1. The van der Waals surface area contributed by atoms with Gasteiger partial charge >= 0.3 is 0 Å². The molecule has 1 aromatic carbocycles. The molecule has 21 heavy (non-hydrogen) atoms. The van der Waals surface area contributed by atoms with Crippen LogP contribution in [0.15, 0.2) is 53.5 Å². The van der Waals surface area contributed by atoms with Crippen LogP contribution in [0.3, 0.4) is 0 Å². The molecule has 0 radical (unpaired) electrons. The van der Waals surface area contributed by atoms with Crippen LogP contribution in [0.1, 0.15) is 24.5 Å². The van der Waals surface area contributed by atoms with Gasteiger partial charge in [-0.15, -0.1) is 0 Å². The van der Waals surface area contributed by atoms with Gasteiger partial charge in [-0.1, -0.05) is 24.3 Å². The Hall–Kier alpha value is -2.07. The number of hydrogen-bond donors (Lipinski definition) is 1. The molecular formula is C17H20N2O2. The number of aliphatic hydroxyl groups is 1. The number of hydrogen-bond acceptors (Lipinski definition) is 3. The summed E-state index contributed by atoms with van der Waals surface area (Å²) >= 11 is 0. The summed E-state index contributed by atoms with van der Waals surface area (Å²) in [5.74, 6) is 0. The summed E-state index contributed by atoms with van der Waals surface area (Å²) in [5, 5.41) is 10.2. The fourth-order valence-electron chi connectivity index (χ4n) is 2.91. The van der Waals surface area contributed by atoms with Crippen LogP contribution in [0.2, 0.25) is 0 Å². The van der Waals surface area contributed by atoms with Gasteiger partial charge in [-0.05, 0) is 25.0 Å². The second-order valence-electron chi connectivity index (χ2n) is 5.44. The van der Waals surface area contributed by atoms with E-state index in [4.69, 9.17) is 0 Å². The van der Waals surface area contributed by atoms with Crippen LogP contribution in [0.25, 0.3) is 0 Å². The van der Waals surface area contributed by atoms with E-state index in [0.717, 1.165) is 37.2 Å². The Kier molecular flexibility index (Phi) is 4.06. The van der Waals surface area contributed by atoms with Crippen molar-refractivity contribution in [3.05, 3.63) is 64.6 Å². The number of para-hydroxylation sites is 1. The van der Waals surface area contributed by atoms with Gasteiger partial charge in [0.25, 0.3) is 5.56 Å². The van der Waals surface area contributed by atoms with Crippen molar-refractivity contribution in [2.24, 2.45) is 0 Å². The van der Waals surface area contributed by atoms with Gasteiger partial charge in [0.15, 0.2) is 0 Å². The predicted molar refractivity (Wildman–Crippen MR) is 83.6 cm³/mol. The van der Waals surface area contributed by atoms with E-state index in [-0.39, 0.29) is 11.7 Å². The first-order valence-electron chi connectivity index (χ1n) is 7.43. The van der Waals surface area contributed by atoms with Crippen LogP contribution in [-0.2, 0) is 6.54 Å². The molecule has 0 saturated carbocycles. The number of nitrogens with zero attached hydrogens (tertiary/aromatic N) is 2. The molecule has 0 saturated heterocycles. The minimum absolute atomic E-state index is 0.0284. The van der Waals surface area contributed by atoms with E-state index in [9.17, 15) is 9.90 Å². The van der Waals surface area contributed by atoms with Crippen molar-refractivity contribution in [1.82, 2.24) is 4.57 Å². The van der Waals surface area contributed by atoms with E-state index >= 15 is 0 Å². The normalized spacial score (nSPS) is 18.1. The number of pyridine rings is 1.